The van der Waals surface area contributed by atoms with Gasteiger partial charge in [-0.15, -0.1) is 0 Å². The highest BCUT2D eigenvalue weighted by Gasteiger charge is 2.36. The van der Waals surface area contributed by atoms with E-state index in [1.807, 2.05) is 6.92 Å². The maximum atomic E-state index is 11.4. The van der Waals surface area contributed by atoms with Crippen LogP contribution in [0.3, 0.4) is 0 Å². The molecule has 0 aliphatic heterocycles. The van der Waals surface area contributed by atoms with Crippen LogP contribution in [0.25, 0.3) is 0 Å². The predicted octanol–water partition coefficient (Wildman–Crippen LogP) is 1.43. The molecule has 0 aromatic rings. The molecule has 2 atom stereocenters. The van der Waals surface area contributed by atoms with Crippen molar-refractivity contribution in [2.24, 2.45) is 11.8 Å². The molecule has 2 unspecified atom stereocenters. The minimum absolute atomic E-state index is 0.0598. The topological polar surface area (TPSA) is 57.5 Å². The van der Waals surface area contributed by atoms with Crippen molar-refractivity contribution in [1.29, 1.82) is 0 Å². The Morgan fingerprint density at radius 1 is 1.46 bits per heavy atom. The number of carbonyl (C=O) groups excluding carboxylic acids is 1. The van der Waals surface area contributed by atoms with Gasteiger partial charge in [0.25, 0.3) is 0 Å². The molecule has 1 aliphatic rings. The molecular formula is C10H16O3. The minimum Gasteiger partial charge on any atom is -0.504 e. The Hall–Kier alpha value is -0.830. The van der Waals surface area contributed by atoms with Gasteiger partial charge in [-0.25, -0.2) is 0 Å². The predicted molar refractivity (Wildman–Crippen MR) is 49.3 cm³/mol. The van der Waals surface area contributed by atoms with E-state index in [1.54, 1.807) is 6.92 Å². The molecule has 74 valence electrons. The summed E-state index contributed by atoms with van der Waals surface area (Å²) in [5.41, 5.74) is 0.785. The zero-order valence-corrected chi connectivity index (χ0v) is 8.08. The van der Waals surface area contributed by atoms with Gasteiger partial charge in [0.2, 0.25) is 5.78 Å². The monoisotopic (exact) mass is 184 g/mol. The Morgan fingerprint density at radius 3 is 2.46 bits per heavy atom. The molecule has 0 amide bonds. The Labute approximate surface area is 78.1 Å². The highest BCUT2D eigenvalue weighted by atomic mass is 16.3. The maximum Gasteiger partial charge on any atom is 0.200 e. The van der Waals surface area contributed by atoms with Crippen LogP contribution >= 0.6 is 0 Å². The van der Waals surface area contributed by atoms with Crippen LogP contribution in [-0.2, 0) is 4.79 Å². The zero-order valence-electron chi connectivity index (χ0n) is 8.08. The lowest BCUT2D eigenvalue weighted by Gasteiger charge is -2.13. The zero-order chi connectivity index (χ0) is 10.0. The second-order valence-corrected chi connectivity index (χ2v) is 3.66. The third-order valence-corrected chi connectivity index (χ3v) is 2.90. The van der Waals surface area contributed by atoms with Gasteiger partial charge < -0.3 is 10.2 Å². The van der Waals surface area contributed by atoms with Crippen LogP contribution in [0.1, 0.15) is 26.7 Å². The van der Waals surface area contributed by atoms with Crippen molar-refractivity contribution >= 4 is 5.78 Å². The van der Waals surface area contributed by atoms with E-state index in [2.05, 4.69) is 0 Å². The SMILES string of the molecule is CC1=C(O)C(=O)C(CCCO)C1C. The number of Topliss-reactive ketones (excluding diaryl/α,β-unsaturated/α-hetero) is 1. The highest BCUT2D eigenvalue weighted by molar-refractivity contribution is 5.98. The first-order valence-corrected chi connectivity index (χ1v) is 4.64. The molecule has 0 saturated heterocycles. The van der Waals surface area contributed by atoms with E-state index in [1.165, 1.54) is 0 Å². The molecule has 0 radical (unpaired) electrons. The van der Waals surface area contributed by atoms with Gasteiger partial charge in [0.1, 0.15) is 0 Å². The molecule has 3 nitrogen and oxygen atoms in total. The molecule has 2 N–H and O–H groups in total. The van der Waals surface area contributed by atoms with Crippen LogP contribution < -0.4 is 0 Å². The molecule has 0 spiro atoms. The van der Waals surface area contributed by atoms with E-state index >= 15 is 0 Å². The molecule has 0 fully saturated rings. The summed E-state index contributed by atoms with van der Waals surface area (Å²) in [5, 5.41) is 18.0. The maximum absolute atomic E-state index is 11.4. The highest BCUT2D eigenvalue weighted by Crippen LogP contribution is 2.35. The summed E-state index contributed by atoms with van der Waals surface area (Å²) in [6.45, 7) is 3.84. The minimum atomic E-state index is -0.154. The summed E-state index contributed by atoms with van der Waals surface area (Å²) in [4.78, 5) is 11.4. The van der Waals surface area contributed by atoms with E-state index in [9.17, 15) is 9.90 Å². The van der Waals surface area contributed by atoms with Crippen LogP contribution in [-0.4, -0.2) is 22.6 Å². The quantitative estimate of drug-likeness (QED) is 0.697. The van der Waals surface area contributed by atoms with E-state index in [0.29, 0.717) is 12.8 Å². The standard InChI is InChI=1S/C10H16O3/c1-6-7(2)9(12)10(13)8(6)4-3-5-11/h6,8,11-12H,3-5H2,1-2H3. The lowest BCUT2D eigenvalue weighted by atomic mass is 9.89. The van der Waals surface area contributed by atoms with Crippen molar-refractivity contribution in [2.75, 3.05) is 6.61 Å². The van der Waals surface area contributed by atoms with Crippen molar-refractivity contribution in [2.45, 2.75) is 26.7 Å². The normalized spacial score (nSPS) is 28.7. The smallest absolute Gasteiger partial charge is 0.200 e. The van der Waals surface area contributed by atoms with Crippen LogP contribution in [0, 0.1) is 11.8 Å². The number of rotatable bonds is 3. The van der Waals surface area contributed by atoms with E-state index in [0.717, 1.165) is 5.57 Å². The third-order valence-electron chi connectivity index (χ3n) is 2.90. The first-order valence-electron chi connectivity index (χ1n) is 4.64. The van der Waals surface area contributed by atoms with E-state index in [4.69, 9.17) is 5.11 Å². The molecule has 0 heterocycles. The van der Waals surface area contributed by atoms with Gasteiger partial charge in [0.15, 0.2) is 5.76 Å². The van der Waals surface area contributed by atoms with E-state index in [-0.39, 0.29) is 30.0 Å². The number of carbonyl (C=O) groups is 1. The van der Waals surface area contributed by atoms with Gasteiger partial charge >= 0.3 is 0 Å². The summed E-state index contributed by atoms with van der Waals surface area (Å²) in [6, 6.07) is 0. The fourth-order valence-corrected chi connectivity index (χ4v) is 1.81. The fourth-order valence-electron chi connectivity index (χ4n) is 1.81. The van der Waals surface area contributed by atoms with Gasteiger partial charge in [-0.2, -0.15) is 0 Å². The van der Waals surface area contributed by atoms with Gasteiger partial charge in [0, 0.05) is 12.5 Å². The van der Waals surface area contributed by atoms with Crippen LogP contribution in [0.5, 0.6) is 0 Å². The van der Waals surface area contributed by atoms with Crippen molar-refractivity contribution in [3.8, 4) is 0 Å². The van der Waals surface area contributed by atoms with Gasteiger partial charge in [0.05, 0.1) is 0 Å². The van der Waals surface area contributed by atoms with Crippen LogP contribution in [0.2, 0.25) is 0 Å². The number of aliphatic hydroxyl groups is 2. The van der Waals surface area contributed by atoms with Crippen LogP contribution in [0.4, 0.5) is 0 Å². The Balaban J connectivity index is 2.67. The third kappa shape index (κ3) is 1.75. The summed E-state index contributed by atoms with van der Waals surface area (Å²) in [6.07, 6.45) is 1.29. The van der Waals surface area contributed by atoms with Crippen molar-refractivity contribution in [3.05, 3.63) is 11.3 Å². The summed E-state index contributed by atoms with van der Waals surface area (Å²) < 4.78 is 0. The Bertz CT molecular complexity index is 243. The molecule has 0 aromatic heterocycles. The summed E-state index contributed by atoms with van der Waals surface area (Å²) in [7, 11) is 0. The first-order chi connectivity index (χ1) is 6.09. The average molecular weight is 184 g/mol. The summed E-state index contributed by atoms with van der Waals surface area (Å²) in [5.74, 6) is -0.208. The molecule has 3 heteroatoms. The molecular weight excluding hydrogens is 168 g/mol. The lowest BCUT2D eigenvalue weighted by Crippen LogP contribution is -2.16. The van der Waals surface area contributed by atoms with Gasteiger partial charge in [-0.3, -0.25) is 4.79 Å². The van der Waals surface area contributed by atoms with Crippen molar-refractivity contribution in [1.82, 2.24) is 0 Å². The number of ketones is 1. The van der Waals surface area contributed by atoms with Gasteiger partial charge in [-0.05, 0) is 31.3 Å². The van der Waals surface area contributed by atoms with Crippen molar-refractivity contribution < 1.29 is 15.0 Å². The molecule has 13 heavy (non-hydrogen) atoms. The Kier molecular flexibility index (Phi) is 3.09. The second-order valence-electron chi connectivity index (χ2n) is 3.66. The molecule has 0 bridgehead atoms. The lowest BCUT2D eigenvalue weighted by molar-refractivity contribution is -0.121. The number of hydrogen-bond donors (Lipinski definition) is 2. The Morgan fingerprint density at radius 2 is 2.08 bits per heavy atom. The van der Waals surface area contributed by atoms with Crippen molar-refractivity contribution in [3.63, 3.8) is 0 Å². The molecule has 0 aromatic carbocycles. The second kappa shape index (κ2) is 3.92. The van der Waals surface area contributed by atoms with Crippen LogP contribution in [0.15, 0.2) is 11.3 Å². The molecule has 1 rings (SSSR count). The van der Waals surface area contributed by atoms with Gasteiger partial charge in [-0.1, -0.05) is 6.92 Å². The molecule has 1 aliphatic carbocycles. The number of allylic oxidation sites excluding steroid dienone is 2. The van der Waals surface area contributed by atoms with E-state index < -0.39 is 0 Å². The first kappa shape index (κ1) is 10.3. The summed E-state index contributed by atoms with van der Waals surface area (Å²) >= 11 is 0. The average Bonchev–Trinajstić information content (AvgIpc) is 2.30. The largest absolute Gasteiger partial charge is 0.504 e. The number of aliphatic hydroxyl groups excluding tert-OH is 2. The fraction of sp³-hybridized carbons (Fsp3) is 0.700. The number of hydrogen-bond acceptors (Lipinski definition) is 3. The molecule has 0 saturated carbocycles.